The molecule has 0 spiro atoms. The third kappa shape index (κ3) is 2.17. The number of ether oxygens (including phenoxy) is 1. The van der Waals surface area contributed by atoms with Crippen LogP contribution in [0.25, 0.3) is 0 Å². The zero-order valence-corrected chi connectivity index (χ0v) is 11.1. The van der Waals surface area contributed by atoms with Gasteiger partial charge in [-0.3, -0.25) is 4.31 Å². The Kier molecular flexibility index (Phi) is 3.40. The topological polar surface area (TPSA) is 46.6 Å². The predicted molar refractivity (Wildman–Crippen MR) is 67.9 cm³/mol. The third-order valence-corrected chi connectivity index (χ3v) is 4.07. The Bertz CT molecular complexity index is 504. The molecule has 0 aromatic heterocycles. The van der Waals surface area contributed by atoms with Gasteiger partial charge in [0.25, 0.3) is 0 Å². The molecule has 0 saturated heterocycles. The largest absolute Gasteiger partial charge is 0.465 e. The smallest absolute Gasteiger partial charge is 0.337 e. The van der Waals surface area contributed by atoms with Gasteiger partial charge in [-0.15, -0.1) is 0 Å². The molecule has 1 aromatic carbocycles. The highest BCUT2D eigenvalue weighted by Crippen LogP contribution is 2.35. The van der Waals surface area contributed by atoms with E-state index in [0.717, 1.165) is 17.7 Å². The van der Waals surface area contributed by atoms with E-state index in [9.17, 15) is 9.00 Å². The van der Waals surface area contributed by atoms with E-state index in [1.165, 1.54) is 7.11 Å². The van der Waals surface area contributed by atoms with Crippen molar-refractivity contribution in [3.8, 4) is 0 Å². The summed E-state index contributed by atoms with van der Waals surface area (Å²) >= 11 is 6.11. The van der Waals surface area contributed by atoms with Crippen molar-refractivity contribution < 1.29 is 13.7 Å². The first kappa shape index (κ1) is 12.4. The molecule has 1 heterocycles. The Hall–Kier alpha value is -1.07. The Balaban J connectivity index is 2.51. The van der Waals surface area contributed by atoms with Gasteiger partial charge < -0.3 is 4.74 Å². The number of methoxy groups -OCH3 is 1. The average molecular weight is 274 g/mol. The Morgan fingerprint density at radius 1 is 1.53 bits per heavy atom. The normalized spacial score (nSPS) is 15.6. The molecule has 0 amide bonds. The van der Waals surface area contributed by atoms with Crippen LogP contribution < -0.4 is 4.31 Å². The molecule has 92 valence electrons. The summed E-state index contributed by atoms with van der Waals surface area (Å²) in [5, 5.41) is 0.524. The SMILES string of the molecule is COC(=O)c1cc(Cl)c2c(c1)N(S(C)=O)CC2. The van der Waals surface area contributed by atoms with E-state index in [1.54, 1.807) is 22.7 Å². The van der Waals surface area contributed by atoms with E-state index < -0.39 is 17.0 Å². The Morgan fingerprint density at radius 3 is 2.82 bits per heavy atom. The second-order valence-electron chi connectivity index (χ2n) is 3.72. The van der Waals surface area contributed by atoms with Crippen molar-refractivity contribution in [2.75, 3.05) is 24.2 Å². The second kappa shape index (κ2) is 4.66. The number of halogens is 1. The fraction of sp³-hybridized carbons (Fsp3) is 0.364. The lowest BCUT2D eigenvalue weighted by molar-refractivity contribution is 0.0601. The van der Waals surface area contributed by atoms with Crippen LogP contribution in [0.2, 0.25) is 5.02 Å². The zero-order valence-electron chi connectivity index (χ0n) is 9.53. The number of rotatable bonds is 2. The molecule has 4 nitrogen and oxygen atoms in total. The molecule has 0 fully saturated rings. The van der Waals surface area contributed by atoms with Gasteiger partial charge in [0.05, 0.1) is 18.4 Å². The molecule has 0 saturated carbocycles. The molecule has 17 heavy (non-hydrogen) atoms. The number of carbonyl (C=O) groups excluding carboxylic acids is 1. The summed E-state index contributed by atoms with van der Waals surface area (Å²) in [5.74, 6) is -0.441. The van der Waals surface area contributed by atoms with Crippen LogP contribution in [0, 0.1) is 0 Å². The molecule has 0 aliphatic carbocycles. The highest BCUT2D eigenvalue weighted by Gasteiger charge is 2.25. The van der Waals surface area contributed by atoms with E-state index in [1.807, 2.05) is 0 Å². The number of benzene rings is 1. The minimum atomic E-state index is -1.11. The first-order chi connectivity index (χ1) is 8.04. The summed E-state index contributed by atoms with van der Waals surface area (Å²) in [4.78, 5) is 11.5. The van der Waals surface area contributed by atoms with Crippen LogP contribution in [0.4, 0.5) is 5.69 Å². The molecule has 1 aromatic rings. The maximum atomic E-state index is 11.5. The summed E-state index contributed by atoms with van der Waals surface area (Å²) in [6, 6.07) is 3.27. The quantitative estimate of drug-likeness (QED) is 0.772. The molecule has 2 rings (SSSR count). The minimum Gasteiger partial charge on any atom is -0.465 e. The second-order valence-corrected chi connectivity index (χ2v) is 5.42. The van der Waals surface area contributed by atoms with Crippen molar-refractivity contribution in [3.05, 3.63) is 28.3 Å². The number of carbonyl (C=O) groups is 1. The van der Waals surface area contributed by atoms with Gasteiger partial charge in [0, 0.05) is 17.8 Å². The van der Waals surface area contributed by atoms with E-state index in [-0.39, 0.29) is 0 Å². The number of esters is 1. The molecule has 0 radical (unpaired) electrons. The minimum absolute atomic E-state index is 0.383. The van der Waals surface area contributed by atoms with Crippen LogP contribution >= 0.6 is 11.6 Å². The maximum absolute atomic E-state index is 11.5. The van der Waals surface area contributed by atoms with Crippen molar-refractivity contribution in [2.24, 2.45) is 0 Å². The molecule has 1 aliphatic rings. The van der Waals surface area contributed by atoms with Crippen molar-refractivity contribution in [1.29, 1.82) is 0 Å². The number of nitrogens with zero attached hydrogens (tertiary/aromatic N) is 1. The Labute approximate surface area is 107 Å². The van der Waals surface area contributed by atoms with Gasteiger partial charge in [-0.2, -0.15) is 0 Å². The maximum Gasteiger partial charge on any atom is 0.337 e. The van der Waals surface area contributed by atoms with Crippen molar-refractivity contribution in [3.63, 3.8) is 0 Å². The fourth-order valence-corrected chi connectivity index (χ4v) is 3.03. The zero-order chi connectivity index (χ0) is 12.6. The Morgan fingerprint density at radius 2 is 2.24 bits per heavy atom. The van der Waals surface area contributed by atoms with Gasteiger partial charge in [-0.1, -0.05) is 11.6 Å². The lowest BCUT2D eigenvalue weighted by Crippen LogP contribution is -2.22. The van der Waals surface area contributed by atoms with Gasteiger partial charge in [-0.05, 0) is 24.1 Å². The monoisotopic (exact) mass is 273 g/mol. The van der Waals surface area contributed by atoms with E-state index in [0.29, 0.717) is 17.1 Å². The summed E-state index contributed by atoms with van der Waals surface area (Å²) < 4.78 is 17.9. The first-order valence-corrected chi connectivity index (χ1v) is 6.95. The van der Waals surface area contributed by atoms with Crippen molar-refractivity contribution in [2.45, 2.75) is 6.42 Å². The molecular formula is C11H12ClNO3S. The van der Waals surface area contributed by atoms with Crippen LogP contribution in [0.5, 0.6) is 0 Å². The lowest BCUT2D eigenvalue weighted by Gasteiger charge is -2.16. The predicted octanol–water partition coefficient (Wildman–Crippen LogP) is 1.78. The lowest BCUT2D eigenvalue weighted by atomic mass is 10.1. The fourth-order valence-electron chi connectivity index (χ4n) is 1.93. The van der Waals surface area contributed by atoms with Gasteiger partial charge in [-0.25, -0.2) is 9.00 Å². The summed E-state index contributed by atoms with van der Waals surface area (Å²) in [5.41, 5.74) is 2.09. The average Bonchev–Trinajstić information content (AvgIpc) is 2.72. The van der Waals surface area contributed by atoms with Crippen LogP contribution in [-0.4, -0.2) is 30.1 Å². The van der Waals surface area contributed by atoms with E-state index in [4.69, 9.17) is 11.6 Å². The highest BCUT2D eigenvalue weighted by atomic mass is 35.5. The van der Waals surface area contributed by atoms with Crippen molar-refractivity contribution >= 4 is 34.2 Å². The number of anilines is 1. The van der Waals surface area contributed by atoms with Crippen LogP contribution in [-0.2, 0) is 22.1 Å². The van der Waals surface area contributed by atoms with Gasteiger partial charge in [0.1, 0.15) is 11.0 Å². The van der Waals surface area contributed by atoms with Crippen LogP contribution in [0.1, 0.15) is 15.9 Å². The summed E-state index contributed by atoms with van der Waals surface area (Å²) in [7, 11) is 0.207. The van der Waals surface area contributed by atoms with Crippen LogP contribution in [0.3, 0.4) is 0 Å². The molecule has 1 atom stereocenters. The van der Waals surface area contributed by atoms with Gasteiger partial charge >= 0.3 is 5.97 Å². The summed E-state index contributed by atoms with van der Waals surface area (Å²) in [6.07, 6.45) is 2.35. The summed E-state index contributed by atoms with van der Waals surface area (Å²) in [6.45, 7) is 0.656. The van der Waals surface area contributed by atoms with E-state index in [2.05, 4.69) is 4.74 Å². The van der Waals surface area contributed by atoms with Gasteiger partial charge in [0.15, 0.2) is 0 Å². The third-order valence-electron chi connectivity index (χ3n) is 2.74. The van der Waals surface area contributed by atoms with Gasteiger partial charge in [0.2, 0.25) is 0 Å². The molecule has 1 aliphatic heterocycles. The highest BCUT2D eigenvalue weighted by molar-refractivity contribution is 7.85. The standard InChI is InChI=1S/C11H12ClNO3S/c1-16-11(14)7-5-9(12)8-3-4-13(17(2)15)10(8)6-7/h5-6H,3-4H2,1-2H3. The molecular weight excluding hydrogens is 262 g/mol. The molecule has 0 bridgehead atoms. The molecule has 1 unspecified atom stereocenters. The van der Waals surface area contributed by atoms with Crippen molar-refractivity contribution in [1.82, 2.24) is 0 Å². The molecule has 0 N–H and O–H groups in total. The first-order valence-electron chi connectivity index (χ1n) is 5.06. The number of fused-ring (bicyclic) bond motifs is 1. The van der Waals surface area contributed by atoms with Crippen LogP contribution in [0.15, 0.2) is 12.1 Å². The van der Waals surface area contributed by atoms with E-state index >= 15 is 0 Å². The number of hydrogen-bond acceptors (Lipinski definition) is 3. The molecule has 6 heteroatoms. The number of hydrogen-bond donors (Lipinski definition) is 0.